The van der Waals surface area contributed by atoms with Crippen LogP contribution >= 0.6 is 0 Å². The first-order chi connectivity index (χ1) is 12.7. The molecule has 2 aromatic rings. The Morgan fingerprint density at radius 1 is 1.19 bits per heavy atom. The number of likely N-dealkylation sites (tertiary alicyclic amines) is 1. The fourth-order valence-electron chi connectivity index (χ4n) is 3.87. The van der Waals surface area contributed by atoms with E-state index >= 15 is 0 Å². The number of pyridine rings is 1. The van der Waals surface area contributed by atoms with Gasteiger partial charge in [-0.05, 0) is 31.4 Å². The van der Waals surface area contributed by atoms with E-state index in [4.69, 9.17) is 4.74 Å². The van der Waals surface area contributed by atoms with E-state index < -0.39 is 0 Å². The minimum Gasteiger partial charge on any atom is -0.379 e. The summed E-state index contributed by atoms with van der Waals surface area (Å²) >= 11 is 0. The summed E-state index contributed by atoms with van der Waals surface area (Å²) in [5.74, 6) is -0.196. The molecule has 2 saturated heterocycles. The van der Waals surface area contributed by atoms with Crippen molar-refractivity contribution < 1.29 is 9.53 Å². The topological polar surface area (TPSA) is 67.2 Å². The van der Waals surface area contributed by atoms with Crippen LogP contribution in [0.3, 0.4) is 0 Å². The highest BCUT2D eigenvalue weighted by Crippen LogP contribution is 2.20. The van der Waals surface area contributed by atoms with Crippen LogP contribution in [0.2, 0.25) is 0 Å². The van der Waals surface area contributed by atoms with E-state index in [2.05, 4.69) is 9.88 Å². The molecule has 2 fully saturated rings. The third kappa shape index (κ3) is 3.37. The summed E-state index contributed by atoms with van der Waals surface area (Å²) in [4.78, 5) is 34.4. The average molecular weight is 356 g/mol. The lowest BCUT2D eigenvalue weighted by Gasteiger charge is -2.39. The van der Waals surface area contributed by atoms with Gasteiger partial charge in [-0.2, -0.15) is 0 Å². The summed E-state index contributed by atoms with van der Waals surface area (Å²) in [7, 11) is 0. The SMILES string of the molecule is O=C(c1cnc2ccccn2c1=O)N1CCCC[C@@H]1CN1CCOCC1. The van der Waals surface area contributed by atoms with Crippen molar-refractivity contribution in [2.75, 3.05) is 39.4 Å². The number of rotatable bonds is 3. The van der Waals surface area contributed by atoms with Gasteiger partial charge < -0.3 is 9.64 Å². The maximum absolute atomic E-state index is 13.1. The van der Waals surface area contributed by atoms with Crippen molar-refractivity contribution in [2.45, 2.75) is 25.3 Å². The van der Waals surface area contributed by atoms with Gasteiger partial charge in [0.05, 0.1) is 13.2 Å². The Labute approximate surface area is 152 Å². The molecule has 1 amide bonds. The number of hydrogen-bond acceptors (Lipinski definition) is 5. The summed E-state index contributed by atoms with van der Waals surface area (Å²) in [5, 5.41) is 0. The second-order valence-electron chi connectivity index (χ2n) is 6.97. The van der Waals surface area contributed by atoms with Crippen molar-refractivity contribution in [1.82, 2.24) is 19.2 Å². The number of aromatic nitrogens is 2. The van der Waals surface area contributed by atoms with Crippen molar-refractivity contribution in [3.63, 3.8) is 0 Å². The predicted molar refractivity (Wildman–Crippen MR) is 97.4 cm³/mol. The van der Waals surface area contributed by atoms with Crippen molar-refractivity contribution >= 4 is 11.6 Å². The van der Waals surface area contributed by atoms with Crippen LogP contribution in [-0.4, -0.2) is 70.5 Å². The molecule has 4 heterocycles. The molecule has 2 aliphatic rings. The van der Waals surface area contributed by atoms with Crippen molar-refractivity contribution in [2.24, 2.45) is 0 Å². The molecule has 0 unspecified atom stereocenters. The zero-order valence-corrected chi connectivity index (χ0v) is 14.8. The van der Waals surface area contributed by atoms with Gasteiger partial charge in [-0.1, -0.05) is 6.07 Å². The number of ether oxygens (including phenoxy) is 1. The quantitative estimate of drug-likeness (QED) is 0.821. The summed E-state index contributed by atoms with van der Waals surface area (Å²) in [6.07, 6.45) is 6.16. The van der Waals surface area contributed by atoms with Gasteiger partial charge in [-0.15, -0.1) is 0 Å². The summed E-state index contributed by atoms with van der Waals surface area (Å²) in [6, 6.07) is 5.50. The van der Waals surface area contributed by atoms with Gasteiger partial charge >= 0.3 is 0 Å². The zero-order chi connectivity index (χ0) is 17.9. The molecule has 7 nitrogen and oxygen atoms in total. The van der Waals surface area contributed by atoms with E-state index in [1.807, 2.05) is 11.0 Å². The molecule has 0 bridgehead atoms. The first kappa shape index (κ1) is 17.2. The van der Waals surface area contributed by atoms with Gasteiger partial charge in [0.1, 0.15) is 11.2 Å². The van der Waals surface area contributed by atoms with Crippen LogP contribution in [0.25, 0.3) is 5.65 Å². The summed E-state index contributed by atoms with van der Waals surface area (Å²) in [6.45, 7) is 4.84. The Morgan fingerprint density at radius 2 is 2.04 bits per heavy atom. The van der Waals surface area contributed by atoms with Gasteiger partial charge in [-0.3, -0.25) is 18.9 Å². The van der Waals surface area contributed by atoms with Crippen LogP contribution in [0.1, 0.15) is 29.6 Å². The number of carbonyl (C=O) groups excluding carboxylic acids is 1. The number of amides is 1. The van der Waals surface area contributed by atoms with Gasteiger partial charge in [-0.25, -0.2) is 4.98 Å². The van der Waals surface area contributed by atoms with E-state index in [-0.39, 0.29) is 23.1 Å². The molecule has 0 N–H and O–H groups in total. The number of morpholine rings is 1. The second-order valence-corrected chi connectivity index (χ2v) is 6.97. The average Bonchev–Trinajstić information content (AvgIpc) is 2.69. The molecule has 0 aliphatic carbocycles. The zero-order valence-electron chi connectivity index (χ0n) is 14.8. The van der Waals surface area contributed by atoms with Gasteiger partial charge in [0.2, 0.25) is 0 Å². The number of fused-ring (bicyclic) bond motifs is 1. The smallest absolute Gasteiger partial charge is 0.270 e. The highest BCUT2D eigenvalue weighted by molar-refractivity contribution is 5.94. The van der Waals surface area contributed by atoms with Crippen LogP contribution in [0.15, 0.2) is 35.4 Å². The van der Waals surface area contributed by atoms with Crippen LogP contribution in [0, 0.1) is 0 Å². The second kappa shape index (κ2) is 7.55. The number of hydrogen-bond donors (Lipinski definition) is 0. The third-order valence-corrected chi connectivity index (χ3v) is 5.30. The molecule has 4 rings (SSSR count). The molecule has 138 valence electrons. The van der Waals surface area contributed by atoms with Crippen LogP contribution in [0.4, 0.5) is 0 Å². The van der Waals surface area contributed by atoms with Crippen molar-refractivity contribution in [3.05, 3.63) is 46.5 Å². The summed E-state index contributed by atoms with van der Waals surface area (Å²) < 4.78 is 6.85. The highest BCUT2D eigenvalue weighted by atomic mass is 16.5. The Kier molecular flexibility index (Phi) is 4.99. The Bertz CT molecular complexity index is 844. The first-order valence-corrected chi connectivity index (χ1v) is 9.31. The fraction of sp³-hybridized carbons (Fsp3) is 0.526. The molecule has 26 heavy (non-hydrogen) atoms. The van der Waals surface area contributed by atoms with E-state index in [9.17, 15) is 9.59 Å². The maximum atomic E-state index is 13.1. The maximum Gasteiger partial charge on any atom is 0.270 e. The van der Waals surface area contributed by atoms with Crippen molar-refractivity contribution in [3.8, 4) is 0 Å². The van der Waals surface area contributed by atoms with Crippen LogP contribution < -0.4 is 5.56 Å². The number of piperidine rings is 1. The molecule has 0 radical (unpaired) electrons. The van der Waals surface area contributed by atoms with E-state index in [0.717, 1.165) is 52.1 Å². The van der Waals surface area contributed by atoms with Gasteiger partial charge in [0.15, 0.2) is 0 Å². The molecule has 7 heteroatoms. The molecule has 2 aliphatic heterocycles. The monoisotopic (exact) mass is 356 g/mol. The van der Waals surface area contributed by atoms with Crippen LogP contribution in [0.5, 0.6) is 0 Å². The molecule has 1 atom stereocenters. The largest absolute Gasteiger partial charge is 0.379 e. The number of nitrogens with zero attached hydrogens (tertiary/aromatic N) is 4. The molecule has 2 aromatic heterocycles. The van der Waals surface area contributed by atoms with Gasteiger partial charge in [0.25, 0.3) is 11.5 Å². The molecule has 0 spiro atoms. The Morgan fingerprint density at radius 3 is 2.88 bits per heavy atom. The predicted octanol–water partition coefficient (Wildman–Crippen LogP) is 1.02. The standard InChI is InChI=1S/C19H24N4O3/c24-18(16-13-20-17-6-2-4-8-23(17)19(16)25)22-7-3-1-5-15(22)14-21-9-11-26-12-10-21/h2,4,6,8,13,15H,1,3,5,7,9-12,14H2/t15-/m1/s1. The first-order valence-electron chi connectivity index (χ1n) is 9.31. The highest BCUT2D eigenvalue weighted by Gasteiger charge is 2.31. The minimum atomic E-state index is -0.295. The Balaban J connectivity index is 1.58. The number of carbonyl (C=O) groups is 1. The van der Waals surface area contributed by atoms with Crippen molar-refractivity contribution in [1.29, 1.82) is 0 Å². The van der Waals surface area contributed by atoms with E-state index in [0.29, 0.717) is 12.2 Å². The summed E-state index contributed by atoms with van der Waals surface area (Å²) in [5.41, 5.74) is 0.413. The minimum absolute atomic E-state index is 0.144. The van der Waals surface area contributed by atoms with E-state index in [1.54, 1.807) is 18.3 Å². The third-order valence-electron chi connectivity index (χ3n) is 5.30. The lowest BCUT2D eigenvalue weighted by molar-refractivity contribution is 0.0165. The molecule has 0 aromatic carbocycles. The Hall–Kier alpha value is -2.25. The fourth-order valence-corrected chi connectivity index (χ4v) is 3.87. The normalized spacial score (nSPS) is 21.8. The molecular weight excluding hydrogens is 332 g/mol. The van der Waals surface area contributed by atoms with Gasteiger partial charge in [0, 0.05) is 44.6 Å². The molecule has 0 saturated carbocycles. The lowest BCUT2D eigenvalue weighted by Crippen LogP contribution is -2.52. The van der Waals surface area contributed by atoms with Crippen LogP contribution in [-0.2, 0) is 4.74 Å². The van der Waals surface area contributed by atoms with E-state index in [1.165, 1.54) is 10.6 Å². The lowest BCUT2D eigenvalue weighted by atomic mass is 10.0. The molecular formula is C19H24N4O3.